The second-order valence-corrected chi connectivity index (χ2v) is 6.12. The van der Waals surface area contributed by atoms with Crippen LogP contribution in [0.4, 0.5) is 17.1 Å². The molecule has 0 atom stereocenters. The number of rotatable bonds is 5. The van der Waals surface area contributed by atoms with E-state index in [1.54, 1.807) is 18.2 Å². The molecule has 0 aliphatic carbocycles. The van der Waals surface area contributed by atoms with Gasteiger partial charge in [0.15, 0.2) is 0 Å². The van der Waals surface area contributed by atoms with E-state index in [0.717, 1.165) is 5.69 Å². The zero-order valence-corrected chi connectivity index (χ0v) is 13.3. The maximum absolute atomic E-state index is 11.2. The van der Waals surface area contributed by atoms with E-state index in [-0.39, 0.29) is 10.6 Å². The van der Waals surface area contributed by atoms with Gasteiger partial charge in [-0.05, 0) is 46.8 Å². The normalized spacial score (nSPS) is 12.1. The average molecular weight is 333 g/mol. The Kier molecular flexibility index (Phi) is 5.14. The third-order valence-corrected chi connectivity index (χ3v) is 3.76. The molecule has 0 saturated heterocycles. The molecule has 0 spiro atoms. The van der Waals surface area contributed by atoms with Crippen molar-refractivity contribution >= 4 is 27.2 Å². The van der Waals surface area contributed by atoms with E-state index < -0.39 is 10.1 Å². The van der Waals surface area contributed by atoms with Crippen LogP contribution in [0.3, 0.4) is 0 Å². The van der Waals surface area contributed by atoms with Gasteiger partial charge in [0.2, 0.25) is 0 Å². The molecular weight excluding hydrogens is 318 g/mol. The van der Waals surface area contributed by atoms with E-state index in [4.69, 9.17) is 4.55 Å². The van der Waals surface area contributed by atoms with Crippen molar-refractivity contribution in [1.82, 2.24) is 0 Å². The molecule has 23 heavy (non-hydrogen) atoms. The molecule has 1 N–H and O–H groups in total. The van der Waals surface area contributed by atoms with Gasteiger partial charge in [0.05, 0.1) is 5.69 Å². The predicted octanol–water partition coefficient (Wildman–Crippen LogP) is 3.78. The van der Waals surface area contributed by atoms with E-state index in [9.17, 15) is 8.42 Å². The van der Waals surface area contributed by atoms with Crippen molar-refractivity contribution in [2.75, 3.05) is 19.0 Å². The summed E-state index contributed by atoms with van der Waals surface area (Å²) in [6, 6.07) is 12.9. The summed E-state index contributed by atoms with van der Waals surface area (Å²) in [6.07, 6.45) is 0. The van der Waals surface area contributed by atoms with Gasteiger partial charge in [-0.1, -0.05) is 12.1 Å². The Morgan fingerprint density at radius 1 is 0.913 bits per heavy atom. The topological polar surface area (TPSA) is 107 Å². The van der Waals surface area contributed by atoms with Gasteiger partial charge < -0.3 is 4.90 Å². The Morgan fingerprint density at radius 2 is 1.52 bits per heavy atom. The van der Waals surface area contributed by atoms with Gasteiger partial charge in [0.25, 0.3) is 10.1 Å². The fraction of sp³-hybridized carbons (Fsp3) is 0.143. The van der Waals surface area contributed by atoms with Crippen LogP contribution in [0.5, 0.6) is 0 Å². The average Bonchev–Trinajstić information content (AvgIpc) is 2.51. The van der Waals surface area contributed by atoms with Crippen molar-refractivity contribution in [2.24, 2.45) is 20.7 Å². The Hall–Kier alpha value is -2.65. The highest BCUT2D eigenvalue weighted by atomic mass is 32.2. The van der Waals surface area contributed by atoms with Crippen LogP contribution < -0.4 is 4.90 Å². The maximum Gasteiger partial charge on any atom is 0.296 e. The number of hydrogen-bond donors (Lipinski definition) is 1. The van der Waals surface area contributed by atoms with Crippen LogP contribution in [0.1, 0.15) is 0 Å². The molecule has 2 aromatic carbocycles. The largest absolute Gasteiger partial charge is 0.378 e. The first-order valence-corrected chi connectivity index (χ1v) is 7.97. The molecule has 0 bridgehead atoms. The van der Waals surface area contributed by atoms with Crippen molar-refractivity contribution in [3.63, 3.8) is 0 Å². The van der Waals surface area contributed by atoms with Gasteiger partial charge in [0, 0.05) is 19.8 Å². The van der Waals surface area contributed by atoms with Crippen LogP contribution in [0.25, 0.3) is 0 Å². The van der Waals surface area contributed by atoms with Crippen LogP contribution in [0.15, 0.2) is 74.1 Å². The second kappa shape index (κ2) is 7.07. The molecule has 0 aliphatic rings. The minimum Gasteiger partial charge on any atom is -0.378 e. The molecule has 0 aromatic heterocycles. The van der Waals surface area contributed by atoms with Crippen molar-refractivity contribution in [2.45, 2.75) is 4.90 Å². The van der Waals surface area contributed by atoms with Gasteiger partial charge in [-0.15, -0.1) is 10.2 Å². The molecule has 2 rings (SSSR count). The molecule has 0 unspecified atom stereocenters. The van der Waals surface area contributed by atoms with Crippen LogP contribution in [0, 0.1) is 0 Å². The lowest BCUT2D eigenvalue weighted by molar-refractivity contribution is 0.483. The molecule has 2 aromatic rings. The molecule has 120 valence electrons. The fourth-order valence-electron chi connectivity index (χ4n) is 1.72. The van der Waals surface area contributed by atoms with Crippen molar-refractivity contribution < 1.29 is 13.0 Å². The summed E-state index contributed by atoms with van der Waals surface area (Å²) >= 11 is 0. The highest BCUT2D eigenvalue weighted by molar-refractivity contribution is 7.86. The number of benzene rings is 2. The molecule has 0 heterocycles. The van der Waals surface area contributed by atoms with Crippen LogP contribution >= 0.6 is 0 Å². The van der Waals surface area contributed by atoms with Crippen LogP contribution in [-0.2, 0) is 10.1 Å². The molecule has 0 fully saturated rings. The summed E-state index contributed by atoms with van der Waals surface area (Å²) < 4.78 is 31.5. The summed E-state index contributed by atoms with van der Waals surface area (Å²) in [5.74, 6) is 0. The maximum atomic E-state index is 11.2. The highest BCUT2D eigenvalue weighted by Crippen LogP contribution is 2.24. The zero-order chi connectivity index (χ0) is 16.9. The number of nitrogens with zero attached hydrogens (tertiary/aromatic N) is 5. The predicted molar refractivity (Wildman–Crippen MR) is 86.1 cm³/mol. The van der Waals surface area contributed by atoms with Gasteiger partial charge in [-0.3, -0.25) is 4.55 Å². The second-order valence-electron chi connectivity index (χ2n) is 4.73. The van der Waals surface area contributed by atoms with Crippen LogP contribution in [0.2, 0.25) is 0 Å². The summed E-state index contributed by atoms with van der Waals surface area (Å²) in [6.45, 7) is 0. The number of anilines is 1. The third-order valence-electron chi connectivity index (χ3n) is 2.86. The van der Waals surface area contributed by atoms with E-state index >= 15 is 0 Å². The monoisotopic (exact) mass is 333 g/mol. The molecule has 0 aliphatic heterocycles. The smallest absolute Gasteiger partial charge is 0.296 e. The fourth-order valence-corrected chi connectivity index (χ4v) is 2.34. The molecule has 0 amide bonds. The first-order valence-electron chi connectivity index (χ1n) is 6.53. The minimum atomic E-state index is -4.37. The van der Waals surface area contributed by atoms with Gasteiger partial charge in [0.1, 0.15) is 10.6 Å². The molecular formula is C14H15N5O3S. The third kappa shape index (κ3) is 4.66. The molecule has 9 heteroatoms. The quantitative estimate of drug-likeness (QED) is 0.510. The summed E-state index contributed by atoms with van der Waals surface area (Å²) in [5, 5.41) is 14.5. The first-order chi connectivity index (χ1) is 10.9. The zero-order valence-electron chi connectivity index (χ0n) is 12.5. The lowest BCUT2D eigenvalue weighted by Crippen LogP contribution is -2.07. The minimum absolute atomic E-state index is 0.0168. The van der Waals surface area contributed by atoms with Crippen LogP contribution in [-0.4, -0.2) is 27.1 Å². The standard InChI is InChI=1S/C14H15N5O3S/c1-19(2)12-9-7-11(8-10-12)15-17-18-16-13-5-3-4-6-14(13)23(20,21)22/h3-10H,1-2H3,(H,20,21,22)/b17-15+,18-16+. The molecule has 8 nitrogen and oxygen atoms in total. The van der Waals surface area contributed by atoms with Crippen molar-refractivity contribution in [3.05, 3.63) is 48.5 Å². The first kappa shape index (κ1) is 16.7. The Balaban J connectivity index is 2.13. The van der Waals surface area contributed by atoms with Gasteiger partial charge in [-0.2, -0.15) is 8.42 Å². The highest BCUT2D eigenvalue weighted by Gasteiger charge is 2.14. The van der Waals surface area contributed by atoms with E-state index in [1.165, 1.54) is 18.2 Å². The van der Waals surface area contributed by atoms with E-state index in [0.29, 0.717) is 5.69 Å². The van der Waals surface area contributed by atoms with Crippen molar-refractivity contribution in [1.29, 1.82) is 0 Å². The van der Waals surface area contributed by atoms with Crippen molar-refractivity contribution in [3.8, 4) is 0 Å². The Labute approximate surface area is 133 Å². The van der Waals surface area contributed by atoms with Gasteiger partial charge in [-0.25, -0.2) is 0 Å². The van der Waals surface area contributed by atoms with Gasteiger partial charge >= 0.3 is 0 Å². The summed E-state index contributed by atoms with van der Waals surface area (Å²) in [5.41, 5.74) is 1.59. The SMILES string of the molecule is CN(C)c1ccc(/N=N/N=N/c2ccccc2S(=O)(=O)O)cc1. The lowest BCUT2D eigenvalue weighted by Gasteiger charge is -2.11. The Morgan fingerprint density at radius 3 is 2.13 bits per heavy atom. The molecule has 0 radical (unpaired) electrons. The summed E-state index contributed by atoms with van der Waals surface area (Å²) in [7, 11) is -0.510. The van der Waals surface area contributed by atoms with E-state index in [1.807, 2.05) is 31.1 Å². The molecule has 0 saturated carbocycles. The Bertz CT molecular complexity index is 830. The number of hydrogen-bond acceptors (Lipinski definition) is 5. The summed E-state index contributed by atoms with van der Waals surface area (Å²) in [4.78, 5) is 1.61. The lowest BCUT2D eigenvalue weighted by atomic mass is 10.3. The van der Waals surface area contributed by atoms with E-state index in [2.05, 4.69) is 20.7 Å².